The van der Waals surface area contributed by atoms with Gasteiger partial charge in [-0.05, 0) is 35.0 Å². The molecule has 1 aromatic carbocycles. The average Bonchev–Trinajstić information content (AvgIpc) is 2.81. The first kappa shape index (κ1) is 16.1. The van der Waals surface area contributed by atoms with Crippen LogP contribution in [0.3, 0.4) is 0 Å². The lowest BCUT2D eigenvalue weighted by atomic mass is 10.1. The van der Waals surface area contributed by atoms with Gasteiger partial charge in [0.25, 0.3) is 0 Å². The summed E-state index contributed by atoms with van der Waals surface area (Å²) in [6, 6.07) is 4.71. The molecule has 0 saturated heterocycles. The van der Waals surface area contributed by atoms with Gasteiger partial charge in [0.2, 0.25) is 5.75 Å². The molecule has 0 fully saturated rings. The summed E-state index contributed by atoms with van der Waals surface area (Å²) >= 11 is 7.96. The molecule has 0 aliphatic heterocycles. The number of benzene rings is 1. The van der Waals surface area contributed by atoms with Crippen molar-refractivity contribution in [3.63, 3.8) is 0 Å². The summed E-state index contributed by atoms with van der Waals surface area (Å²) in [5, 5.41) is 13.0. The Labute approximate surface area is 141 Å². The number of ether oxygens (including phenoxy) is 1. The fourth-order valence-corrected chi connectivity index (χ4v) is 3.51. The Bertz CT molecular complexity index is 679. The molecule has 0 N–H and O–H groups in total. The smallest absolute Gasteiger partial charge is 0.312 e. The molecular formula is C13H9Br2NO4S. The van der Waals surface area contributed by atoms with Crippen molar-refractivity contribution >= 4 is 54.7 Å². The Kier molecular flexibility index (Phi) is 5.13. The highest BCUT2D eigenvalue weighted by Crippen LogP contribution is 2.36. The van der Waals surface area contributed by atoms with Crippen molar-refractivity contribution in [1.29, 1.82) is 0 Å². The van der Waals surface area contributed by atoms with Gasteiger partial charge in [0.1, 0.15) is 6.61 Å². The van der Waals surface area contributed by atoms with Crippen molar-refractivity contribution in [1.82, 2.24) is 0 Å². The van der Waals surface area contributed by atoms with E-state index in [1.165, 1.54) is 30.4 Å². The number of rotatable bonds is 5. The topological polar surface area (TPSA) is 69.4 Å². The molecule has 0 spiro atoms. The van der Waals surface area contributed by atoms with Crippen LogP contribution in [-0.2, 0) is 6.61 Å². The van der Waals surface area contributed by atoms with Crippen LogP contribution in [-0.4, -0.2) is 10.7 Å². The minimum absolute atomic E-state index is 0.000206. The zero-order valence-corrected chi connectivity index (χ0v) is 14.7. The molecule has 0 radical (unpaired) electrons. The molecule has 0 bridgehead atoms. The molecular weight excluding hydrogens is 426 g/mol. The molecule has 2 rings (SSSR count). The first-order valence-corrected chi connectivity index (χ1v) is 8.19. The number of nitro groups is 1. The number of halogens is 2. The predicted molar refractivity (Wildman–Crippen MR) is 87.2 cm³/mol. The zero-order chi connectivity index (χ0) is 15.6. The van der Waals surface area contributed by atoms with E-state index in [9.17, 15) is 14.9 Å². The first-order valence-electron chi connectivity index (χ1n) is 5.73. The van der Waals surface area contributed by atoms with Crippen LogP contribution in [0, 0.1) is 10.1 Å². The van der Waals surface area contributed by atoms with E-state index in [0.29, 0.717) is 4.47 Å². The van der Waals surface area contributed by atoms with Gasteiger partial charge in [0.05, 0.1) is 10.5 Å². The van der Waals surface area contributed by atoms with Gasteiger partial charge in [-0.2, -0.15) is 0 Å². The number of nitrogens with zero attached hydrogens (tertiary/aromatic N) is 1. The summed E-state index contributed by atoms with van der Waals surface area (Å²) in [6.07, 6.45) is 0. The Morgan fingerprint density at radius 3 is 2.57 bits per heavy atom. The number of hydrogen-bond donors (Lipinski definition) is 0. The normalized spacial score (nSPS) is 10.4. The minimum Gasteiger partial charge on any atom is -0.481 e. The van der Waals surface area contributed by atoms with Crippen LogP contribution in [0.5, 0.6) is 5.75 Å². The fourth-order valence-electron chi connectivity index (χ4n) is 1.70. The number of carbonyl (C=O) groups is 1. The van der Waals surface area contributed by atoms with E-state index in [1.807, 2.05) is 11.4 Å². The highest BCUT2D eigenvalue weighted by Gasteiger charge is 2.23. The molecule has 0 aliphatic carbocycles. The van der Waals surface area contributed by atoms with Crippen LogP contribution in [0.25, 0.3) is 0 Å². The number of carbonyl (C=O) groups excluding carboxylic acids is 1. The summed E-state index contributed by atoms with van der Waals surface area (Å²) in [6.45, 7) is 1.51. The number of thiophene rings is 1. The molecule has 1 heterocycles. The second-order valence-electron chi connectivity index (χ2n) is 4.13. The molecule has 1 aromatic heterocycles. The third-order valence-corrected chi connectivity index (χ3v) is 4.72. The summed E-state index contributed by atoms with van der Waals surface area (Å²) in [5.41, 5.74) is -0.0445. The number of Topliss-reactive ketones (excluding diaryl/α,β-unsaturated/α-hetero) is 1. The van der Waals surface area contributed by atoms with Gasteiger partial charge in [-0.25, -0.2) is 0 Å². The van der Waals surface area contributed by atoms with Crippen LogP contribution in [0.15, 0.2) is 32.5 Å². The lowest BCUT2D eigenvalue weighted by Crippen LogP contribution is -2.04. The maximum absolute atomic E-state index is 11.7. The average molecular weight is 435 g/mol. The Morgan fingerprint density at radius 2 is 2.05 bits per heavy atom. The van der Waals surface area contributed by atoms with Gasteiger partial charge < -0.3 is 4.74 Å². The standard InChI is InChI=1S/C13H9Br2NO4S/c1-7(17)11-3-8(14)4-12(16(18)19)13(11)20-5-10-2-9(15)6-21-10/h2-4,6H,5H2,1H3. The van der Waals surface area contributed by atoms with E-state index in [0.717, 1.165) is 9.35 Å². The van der Waals surface area contributed by atoms with Gasteiger partial charge >= 0.3 is 5.69 Å². The molecule has 2 aromatic rings. The third kappa shape index (κ3) is 3.90. The van der Waals surface area contributed by atoms with Crippen LogP contribution in [0.2, 0.25) is 0 Å². The lowest BCUT2D eigenvalue weighted by molar-refractivity contribution is -0.386. The maximum atomic E-state index is 11.7. The fraction of sp³-hybridized carbons (Fsp3) is 0.154. The third-order valence-electron chi connectivity index (χ3n) is 2.59. The van der Waals surface area contributed by atoms with Crippen LogP contribution in [0.1, 0.15) is 22.2 Å². The Balaban J connectivity index is 2.39. The lowest BCUT2D eigenvalue weighted by Gasteiger charge is -2.10. The van der Waals surface area contributed by atoms with E-state index < -0.39 is 4.92 Å². The second kappa shape index (κ2) is 6.67. The summed E-state index contributed by atoms with van der Waals surface area (Å²) in [4.78, 5) is 23.2. The molecule has 0 saturated carbocycles. The number of nitro benzene ring substituents is 1. The van der Waals surface area contributed by atoms with Gasteiger partial charge in [-0.3, -0.25) is 14.9 Å². The van der Waals surface area contributed by atoms with Crippen molar-refractivity contribution < 1.29 is 14.5 Å². The summed E-state index contributed by atoms with van der Waals surface area (Å²) in [5.74, 6) is -0.290. The highest BCUT2D eigenvalue weighted by molar-refractivity contribution is 9.10. The predicted octanol–water partition coefficient (Wildman–Crippen LogP) is 4.96. The highest BCUT2D eigenvalue weighted by atomic mass is 79.9. The number of hydrogen-bond acceptors (Lipinski definition) is 5. The van der Waals surface area contributed by atoms with Gasteiger partial charge in [0, 0.05) is 25.3 Å². The van der Waals surface area contributed by atoms with Crippen LogP contribution in [0.4, 0.5) is 5.69 Å². The van der Waals surface area contributed by atoms with Crippen molar-refractivity contribution in [2.24, 2.45) is 0 Å². The quantitative estimate of drug-likeness (QED) is 0.378. The van der Waals surface area contributed by atoms with Gasteiger partial charge in [0.15, 0.2) is 5.78 Å². The van der Waals surface area contributed by atoms with Crippen molar-refractivity contribution in [3.8, 4) is 5.75 Å². The largest absolute Gasteiger partial charge is 0.481 e. The van der Waals surface area contributed by atoms with Crippen molar-refractivity contribution in [2.45, 2.75) is 13.5 Å². The molecule has 0 aliphatic rings. The van der Waals surface area contributed by atoms with E-state index in [4.69, 9.17) is 4.74 Å². The van der Waals surface area contributed by atoms with Gasteiger partial charge in [-0.15, -0.1) is 11.3 Å². The minimum atomic E-state index is -0.559. The molecule has 110 valence electrons. The van der Waals surface area contributed by atoms with E-state index in [1.54, 1.807) is 0 Å². The number of ketones is 1. The summed E-state index contributed by atoms with van der Waals surface area (Å²) in [7, 11) is 0. The molecule has 0 unspecified atom stereocenters. The monoisotopic (exact) mass is 433 g/mol. The molecule has 0 atom stereocenters. The zero-order valence-electron chi connectivity index (χ0n) is 10.8. The van der Waals surface area contributed by atoms with Crippen molar-refractivity contribution in [3.05, 3.63) is 53.1 Å². The molecule has 8 heteroatoms. The van der Waals surface area contributed by atoms with Gasteiger partial charge in [-0.1, -0.05) is 15.9 Å². The molecule has 5 nitrogen and oxygen atoms in total. The second-order valence-corrected chi connectivity index (χ2v) is 6.96. The molecule has 21 heavy (non-hydrogen) atoms. The first-order chi connectivity index (χ1) is 9.88. The van der Waals surface area contributed by atoms with E-state index in [2.05, 4.69) is 31.9 Å². The Hall–Kier alpha value is -1.25. The van der Waals surface area contributed by atoms with E-state index >= 15 is 0 Å². The maximum Gasteiger partial charge on any atom is 0.312 e. The Morgan fingerprint density at radius 1 is 1.33 bits per heavy atom. The van der Waals surface area contributed by atoms with Crippen LogP contribution < -0.4 is 4.74 Å². The van der Waals surface area contributed by atoms with Crippen LogP contribution >= 0.6 is 43.2 Å². The van der Waals surface area contributed by atoms with Crippen molar-refractivity contribution in [2.75, 3.05) is 0 Å². The SMILES string of the molecule is CC(=O)c1cc(Br)cc([N+](=O)[O-])c1OCc1cc(Br)cs1. The van der Waals surface area contributed by atoms with E-state index in [-0.39, 0.29) is 29.4 Å². The summed E-state index contributed by atoms with van der Waals surface area (Å²) < 4.78 is 6.93. The molecule has 0 amide bonds.